The number of halogens is 3. The second kappa shape index (κ2) is 5.34. The van der Waals surface area contributed by atoms with Gasteiger partial charge in [0.05, 0.1) is 8.66 Å². The van der Waals surface area contributed by atoms with Gasteiger partial charge in [-0.1, -0.05) is 0 Å². The Morgan fingerprint density at radius 3 is 2.77 bits per heavy atom. The summed E-state index contributed by atoms with van der Waals surface area (Å²) in [6, 6.07) is 1.78. The maximum absolute atomic E-state index is 11.4. The summed E-state index contributed by atoms with van der Waals surface area (Å²) in [5.74, 6) is 0.344. The van der Waals surface area contributed by atoms with Crippen LogP contribution in [-0.4, -0.2) is 18.3 Å². The van der Waals surface area contributed by atoms with E-state index in [1.807, 2.05) is 0 Å². The van der Waals surface area contributed by atoms with E-state index in [0.717, 1.165) is 8.26 Å². The Labute approximate surface area is 102 Å². The molecule has 2 nitrogen and oxygen atoms in total. The Hall–Kier alpha value is 0.420. The van der Waals surface area contributed by atoms with E-state index in [4.69, 9.17) is 11.6 Å². The molecule has 0 aliphatic rings. The Balaban J connectivity index is 2.66. The quantitative estimate of drug-likeness (QED) is 0.836. The molecule has 1 amide bonds. The average molecular weight is 347 g/mol. The molecule has 6 heteroatoms. The van der Waals surface area contributed by atoms with E-state index in [-0.39, 0.29) is 5.91 Å². The van der Waals surface area contributed by atoms with E-state index in [1.165, 1.54) is 11.3 Å². The average Bonchev–Trinajstić information content (AvgIpc) is 2.43. The predicted octanol–water partition coefficient (Wildman–Crippen LogP) is 3.24. The number of hydrogen-bond donors (Lipinski definition) is 1. The topological polar surface area (TPSA) is 29.1 Å². The van der Waals surface area contributed by atoms with Crippen LogP contribution in [0.15, 0.2) is 14.3 Å². The van der Waals surface area contributed by atoms with Gasteiger partial charge in [0, 0.05) is 16.9 Å². The van der Waals surface area contributed by atoms with Gasteiger partial charge in [0.15, 0.2) is 0 Å². The third-order valence-electron chi connectivity index (χ3n) is 1.25. The molecule has 1 aromatic heterocycles. The van der Waals surface area contributed by atoms with Crippen LogP contribution in [-0.2, 0) is 0 Å². The number of alkyl halides is 1. The monoisotopic (exact) mass is 345 g/mol. The fourth-order valence-corrected chi connectivity index (χ4v) is 2.75. The van der Waals surface area contributed by atoms with Gasteiger partial charge in [0.25, 0.3) is 5.91 Å². The van der Waals surface area contributed by atoms with Crippen molar-refractivity contribution in [1.82, 2.24) is 5.32 Å². The number of amides is 1. The van der Waals surface area contributed by atoms with E-state index in [9.17, 15) is 4.79 Å². The molecule has 0 aliphatic carbocycles. The molecular formula is C7H6Br2ClNOS. The van der Waals surface area contributed by atoms with Crippen molar-refractivity contribution >= 4 is 60.7 Å². The number of rotatable bonds is 3. The normalized spacial score (nSPS) is 10.1. The van der Waals surface area contributed by atoms with E-state index in [0.29, 0.717) is 17.3 Å². The van der Waals surface area contributed by atoms with Crippen molar-refractivity contribution in [2.24, 2.45) is 0 Å². The van der Waals surface area contributed by atoms with Crippen molar-refractivity contribution < 1.29 is 4.79 Å². The summed E-state index contributed by atoms with van der Waals surface area (Å²) in [6.07, 6.45) is 0. The first-order valence-electron chi connectivity index (χ1n) is 3.44. The molecule has 1 rings (SSSR count). The van der Waals surface area contributed by atoms with Crippen LogP contribution in [0.2, 0.25) is 0 Å². The van der Waals surface area contributed by atoms with E-state index < -0.39 is 0 Å². The van der Waals surface area contributed by atoms with Gasteiger partial charge in [0.2, 0.25) is 0 Å². The molecule has 13 heavy (non-hydrogen) atoms. The lowest BCUT2D eigenvalue weighted by Crippen LogP contribution is -2.24. The Kier molecular flexibility index (Phi) is 4.72. The summed E-state index contributed by atoms with van der Waals surface area (Å²) in [5.41, 5.74) is 0. The lowest BCUT2D eigenvalue weighted by Gasteiger charge is -1.98. The number of carbonyl (C=O) groups is 1. The number of hydrogen-bond acceptors (Lipinski definition) is 2. The molecule has 0 aromatic carbocycles. The fraction of sp³-hybridized carbons (Fsp3) is 0.286. The van der Waals surface area contributed by atoms with Crippen LogP contribution in [0, 0.1) is 0 Å². The number of carbonyl (C=O) groups excluding carboxylic acids is 1. The molecule has 0 fully saturated rings. The largest absolute Gasteiger partial charge is 0.350 e. The van der Waals surface area contributed by atoms with Crippen LogP contribution in [0.4, 0.5) is 0 Å². The van der Waals surface area contributed by atoms with Gasteiger partial charge < -0.3 is 5.32 Å². The van der Waals surface area contributed by atoms with Crippen molar-refractivity contribution in [2.45, 2.75) is 0 Å². The smallest absolute Gasteiger partial charge is 0.261 e. The van der Waals surface area contributed by atoms with Gasteiger partial charge in [-0.25, -0.2) is 0 Å². The first-order valence-corrected chi connectivity index (χ1v) is 6.38. The highest BCUT2D eigenvalue weighted by Crippen LogP contribution is 2.32. The molecule has 0 unspecified atom stereocenters. The van der Waals surface area contributed by atoms with Crippen molar-refractivity contribution in [3.05, 3.63) is 19.2 Å². The second-order valence-corrected chi connectivity index (χ2v) is 5.78. The molecule has 1 N–H and O–H groups in total. The molecule has 0 saturated heterocycles. The minimum atomic E-state index is -0.0861. The Bertz CT molecular complexity index is 296. The summed E-state index contributed by atoms with van der Waals surface area (Å²) in [6.45, 7) is 0.494. The zero-order valence-corrected chi connectivity index (χ0v) is 11.2. The Morgan fingerprint density at radius 2 is 2.31 bits per heavy atom. The highest BCUT2D eigenvalue weighted by atomic mass is 79.9. The number of nitrogens with one attached hydrogen (secondary N) is 1. The maximum Gasteiger partial charge on any atom is 0.261 e. The van der Waals surface area contributed by atoms with Crippen LogP contribution in [0.3, 0.4) is 0 Å². The van der Waals surface area contributed by atoms with Crippen molar-refractivity contribution in [1.29, 1.82) is 0 Å². The molecule has 0 aliphatic heterocycles. The van der Waals surface area contributed by atoms with E-state index in [2.05, 4.69) is 37.2 Å². The van der Waals surface area contributed by atoms with E-state index >= 15 is 0 Å². The van der Waals surface area contributed by atoms with Crippen molar-refractivity contribution in [2.75, 3.05) is 12.4 Å². The second-order valence-electron chi connectivity index (χ2n) is 2.18. The highest BCUT2D eigenvalue weighted by Gasteiger charge is 2.10. The van der Waals surface area contributed by atoms with Crippen molar-refractivity contribution in [3.8, 4) is 0 Å². The highest BCUT2D eigenvalue weighted by molar-refractivity contribution is 9.13. The minimum Gasteiger partial charge on any atom is -0.350 e. The summed E-state index contributed by atoms with van der Waals surface area (Å²) < 4.78 is 1.82. The van der Waals surface area contributed by atoms with Crippen LogP contribution in [0.5, 0.6) is 0 Å². The third-order valence-corrected chi connectivity index (χ3v) is 4.69. The fourth-order valence-electron chi connectivity index (χ4n) is 0.706. The first-order chi connectivity index (χ1) is 6.15. The summed E-state index contributed by atoms with van der Waals surface area (Å²) in [4.78, 5) is 12.0. The maximum atomic E-state index is 11.4. The molecule has 0 bridgehead atoms. The molecule has 0 radical (unpaired) electrons. The Morgan fingerprint density at radius 1 is 1.62 bits per heavy atom. The van der Waals surface area contributed by atoms with Gasteiger partial charge in [-0.2, -0.15) is 0 Å². The molecule has 72 valence electrons. The van der Waals surface area contributed by atoms with Crippen LogP contribution < -0.4 is 5.32 Å². The van der Waals surface area contributed by atoms with Crippen molar-refractivity contribution in [3.63, 3.8) is 0 Å². The minimum absolute atomic E-state index is 0.0861. The molecule has 0 saturated carbocycles. The number of thiophene rings is 1. The van der Waals surface area contributed by atoms with Gasteiger partial charge in [-0.3, -0.25) is 4.79 Å². The van der Waals surface area contributed by atoms with Gasteiger partial charge in [0.1, 0.15) is 0 Å². The van der Waals surface area contributed by atoms with Gasteiger partial charge in [-0.15, -0.1) is 22.9 Å². The lowest BCUT2D eigenvalue weighted by molar-refractivity contribution is 0.0960. The predicted molar refractivity (Wildman–Crippen MR) is 62.8 cm³/mol. The standard InChI is InChI=1S/C7H6Br2ClNOS/c8-4-3-5(13-6(4)9)7(12)11-2-1-10/h3H,1-2H2,(H,11,12). The van der Waals surface area contributed by atoms with E-state index in [1.54, 1.807) is 6.07 Å². The lowest BCUT2D eigenvalue weighted by atomic mass is 10.4. The third kappa shape index (κ3) is 3.23. The van der Waals surface area contributed by atoms with Gasteiger partial charge >= 0.3 is 0 Å². The first kappa shape index (κ1) is 11.5. The van der Waals surface area contributed by atoms with Gasteiger partial charge in [-0.05, 0) is 37.9 Å². The zero-order chi connectivity index (χ0) is 9.84. The van der Waals surface area contributed by atoms with Crippen LogP contribution in [0.25, 0.3) is 0 Å². The molecule has 0 spiro atoms. The molecule has 1 aromatic rings. The summed E-state index contributed by atoms with van der Waals surface area (Å²) >= 11 is 13.5. The summed E-state index contributed by atoms with van der Waals surface area (Å²) in [5, 5.41) is 2.69. The molecule has 1 heterocycles. The summed E-state index contributed by atoms with van der Waals surface area (Å²) in [7, 11) is 0. The molecule has 0 atom stereocenters. The van der Waals surface area contributed by atoms with Crippen LogP contribution >= 0.6 is 54.8 Å². The zero-order valence-electron chi connectivity index (χ0n) is 6.44. The SMILES string of the molecule is O=C(NCCCl)c1cc(Br)c(Br)s1. The molecular weight excluding hydrogens is 341 g/mol. The van der Waals surface area contributed by atoms with Crippen LogP contribution in [0.1, 0.15) is 9.67 Å².